The highest BCUT2D eigenvalue weighted by Crippen LogP contribution is 2.60. The zero-order valence-corrected chi connectivity index (χ0v) is 16.9. The lowest BCUT2D eigenvalue weighted by atomic mass is 10.1. The number of carbonyl (C=O) groups is 1. The summed E-state index contributed by atoms with van der Waals surface area (Å²) in [4.78, 5) is 12.8. The molecule has 5 heteroatoms. The van der Waals surface area contributed by atoms with E-state index < -0.39 is 18.0 Å². The fourth-order valence-electron chi connectivity index (χ4n) is 3.51. The Morgan fingerprint density at radius 3 is 2.47 bits per heavy atom. The maximum atomic E-state index is 12.8. The third-order valence-electron chi connectivity index (χ3n) is 5.36. The average molecular weight is 398 g/mol. The Labute approximate surface area is 176 Å². The first kappa shape index (κ1) is 20.9. The molecule has 2 aromatic rings. The van der Waals surface area contributed by atoms with E-state index in [1.54, 1.807) is 30.3 Å². The number of para-hydroxylation sites is 1. The highest BCUT2D eigenvalue weighted by molar-refractivity contribution is 5.79. The SMILES string of the molecule is C=C/C(C#N)=C/[C@@H]1[C@@H](C(=O)OC(C#N)c2cccc(Oc3ccccc3)c2)C1(C)C. The molecule has 3 atom stereocenters. The van der Waals surface area contributed by atoms with E-state index in [9.17, 15) is 10.1 Å². The molecule has 1 aliphatic rings. The Hall–Kier alpha value is -3.83. The smallest absolute Gasteiger partial charge is 0.311 e. The first-order valence-corrected chi connectivity index (χ1v) is 9.58. The van der Waals surface area contributed by atoms with E-state index in [0.717, 1.165) is 0 Å². The Kier molecular flexibility index (Phi) is 6.04. The van der Waals surface area contributed by atoms with Crippen LogP contribution in [0.4, 0.5) is 0 Å². The lowest BCUT2D eigenvalue weighted by Gasteiger charge is -2.13. The number of hydrogen-bond acceptors (Lipinski definition) is 5. The maximum absolute atomic E-state index is 12.8. The minimum Gasteiger partial charge on any atom is -0.457 e. The number of hydrogen-bond donors (Lipinski definition) is 0. The minimum atomic E-state index is -1.05. The summed E-state index contributed by atoms with van der Waals surface area (Å²) >= 11 is 0. The summed E-state index contributed by atoms with van der Waals surface area (Å²) in [7, 11) is 0. The predicted octanol–water partition coefficient (Wildman–Crippen LogP) is 5.49. The standard InChI is InChI=1S/C25H22N2O3/c1-4-17(15-26)13-21-23(25(21,2)3)24(28)30-22(16-27)18-9-8-12-20(14-18)29-19-10-6-5-7-11-19/h4-14,21-23H,1H2,2-3H3/b17-13-/t21-,22?,23+/m1/s1. The number of ether oxygens (including phenoxy) is 2. The monoisotopic (exact) mass is 398 g/mol. The van der Waals surface area contributed by atoms with Gasteiger partial charge < -0.3 is 9.47 Å². The molecule has 0 bridgehead atoms. The normalized spacial score (nSPS) is 20.2. The van der Waals surface area contributed by atoms with E-state index >= 15 is 0 Å². The van der Waals surface area contributed by atoms with Crippen LogP contribution in [0.2, 0.25) is 0 Å². The van der Waals surface area contributed by atoms with Crippen molar-refractivity contribution in [2.45, 2.75) is 20.0 Å². The van der Waals surface area contributed by atoms with Gasteiger partial charge in [-0.25, -0.2) is 0 Å². The number of esters is 1. The van der Waals surface area contributed by atoms with Crippen LogP contribution >= 0.6 is 0 Å². The van der Waals surface area contributed by atoms with Crippen LogP contribution in [0, 0.1) is 39.9 Å². The van der Waals surface area contributed by atoms with Crippen LogP contribution in [-0.2, 0) is 9.53 Å². The molecule has 0 saturated heterocycles. The van der Waals surface area contributed by atoms with Gasteiger partial charge in [-0.3, -0.25) is 4.79 Å². The van der Waals surface area contributed by atoms with Crippen molar-refractivity contribution < 1.29 is 14.3 Å². The molecular weight excluding hydrogens is 376 g/mol. The molecule has 1 saturated carbocycles. The summed E-state index contributed by atoms with van der Waals surface area (Å²) in [5, 5.41) is 18.7. The zero-order chi connectivity index (χ0) is 21.7. The second kappa shape index (κ2) is 8.68. The van der Waals surface area contributed by atoms with Gasteiger partial charge in [-0.1, -0.05) is 62.9 Å². The van der Waals surface area contributed by atoms with Gasteiger partial charge in [0.05, 0.1) is 12.0 Å². The third-order valence-corrected chi connectivity index (χ3v) is 5.36. The summed E-state index contributed by atoms with van der Waals surface area (Å²) in [6, 6.07) is 20.3. The Morgan fingerprint density at radius 2 is 1.83 bits per heavy atom. The van der Waals surface area contributed by atoms with Crippen molar-refractivity contribution in [1.29, 1.82) is 10.5 Å². The molecule has 0 aliphatic heterocycles. The van der Waals surface area contributed by atoms with Crippen molar-refractivity contribution in [3.05, 3.63) is 84.5 Å². The van der Waals surface area contributed by atoms with E-state index in [-0.39, 0.29) is 11.3 Å². The summed E-state index contributed by atoms with van der Waals surface area (Å²) < 4.78 is 11.3. The number of nitrogens with zero attached hydrogens (tertiary/aromatic N) is 2. The fourth-order valence-corrected chi connectivity index (χ4v) is 3.51. The quantitative estimate of drug-likeness (QED) is 0.350. The molecular formula is C25H22N2O3. The highest BCUT2D eigenvalue weighted by Gasteiger charge is 2.61. The molecule has 1 fully saturated rings. The molecule has 150 valence electrons. The first-order valence-electron chi connectivity index (χ1n) is 9.58. The van der Waals surface area contributed by atoms with Gasteiger partial charge in [0.2, 0.25) is 6.10 Å². The van der Waals surface area contributed by atoms with Crippen molar-refractivity contribution >= 4 is 5.97 Å². The van der Waals surface area contributed by atoms with Crippen LogP contribution in [0.5, 0.6) is 11.5 Å². The minimum absolute atomic E-state index is 0.134. The summed E-state index contributed by atoms with van der Waals surface area (Å²) in [5.74, 6) is 0.214. The van der Waals surface area contributed by atoms with Crippen molar-refractivity contribution in [3.63, 3.8) is 0 Å². The largest absolute Gasteiger partial charge is 0.457 e. The number of benzene rings is 2. The van der Waals surface area contributed by atoms with Gasteiger partial charge in [0, 0.05) is 11.1 Å². The molecule has 0 amide bonds. The van der Waals surface area contributed by atoms with Crippen LogP contribution in [0.25, 0.3) is 0 Å². The van der Waals surface area contributed by atoms with Gasteiger partial charge in [-0.15, -0.1) is 0 Å². The molecule has 2 aromatic carbocycles. The Bertz CT molecular complexity index is 1060. The summed E-state index contributed by atoms with van der Waals surface area (Å²) in [6.45, 7) is 7.48. The van der Waals surface area contributed by atoms with Crippen LogP contribution in [-0.4, -0.2) is 5.97 Å². The van der Waals surface area contributed by atoms with Gasteiger partial charge in [0.1, 0.15) is 17.6 Å². The van der Waals surface area contributed by atoms with E-state index in [4.69, 9.17) is 14.7 Å². The molecule has 0 spiro atoms. The van der Waals surface area contributed by atoms with Crippen LogP contribution < -0.4 is 4.74 Å². The second-order valence-electron chi connectivity index (χ2n) is 7.70. The molecule has 0 radical (unpaired) electrons. The lowest BCUT2D eigenvalue weighted by Crippen LogP contribution is -2.14. The van der Waals surface area contributed by atoms with Gasteiger partial charge >= 0.3 is 5.97 Å². The lowest BCUT2D eigenvalue weighted by molar-refractivity contribution is -0.149. The molecule has 5 nitrogen and oxygen atoms in total. The summed E-state index contributed by atoms with van der Waals surface area (Å²) in [5.41, 5.74) is 0.611. The van der Waals surface area contributed by atoms with Crippen molar-refractivity contribution in [3.8, 4) is 23.6 Å². The van der Waals surface area contributed by atoms with Gasteiger partial charge in [0.25, 0.3) is 0 Å². The predicted molar refractivity (Wildman–Crippen MR) is 112 cm³/mol. The third kappa shape index (κ3) is 4.42. The number of carbonyl (C=O) groups excluding carboxylic acids is 1. The molecule has 0 aromatic heterocycles. The van der Waals surface area contributed by atoms with Gasteiger partial charge in [-0.05, 0) is 35.6 Å². The summed E-state index contributed by atoms with van der Waals surface area (Å²) in [6.07, 6.45) is 2.16. The van der Waals surface area contributed by atoms with Crippen LogP contribution in [0.15, 0.2) is 78.9 Å². The van der Waals surface area contributed by atoms with Gasteiger partial charge in [-0.2, -0.15) is 10.5 Å². The van der Waals surface area contributed by atoms with Crippen molar-refractivity contribution in [2.75, 3.05) is 0 Å². The maximum Gasteiger partial charge on any atom is 0.311 e. The second-order valence-corrected chi connectivity index (χ2v) is 7.70. The molecule has 3 rings (SSSR count). The number of nitriles is 2. The van der Waals surface area contributed by atoms with Crippen LogP contribution in [0.1, 0.15) is 25.5 Å². The molecule has 1 unspecified atom stereocenters. The molecule has 0 heterocycles. The van der Waals surface area contributed by atoms with Gasteiger partial charge in [0.15, 0.2) is 0 Å². The highest BCUT2D eigenvalue weighted by atomic mass is 16.5. The van der Waals surface area contributed by atoms with Crippen molar-refractivity contribution in [1.82, 2.24) is 0 Å². The Balaban J connectivity index is 1.73. The van der Waals surface area contributed by atoms with Crippen LogP contribution in [0.3, 0.4) is 0 Å². The zero-order valence-electron chi connectivity index (χ0n) is 16.9. The fraction of sp³-hybridized carbons (Fsp3) is 0.240. The van der Waals surface area contributed by atoms with E-state index in [1.165, 1.54) is 6.08 Å². The van der Waals surface area contributed by atoms with E-state index in [1.807, 2.05) is 56.3 Å². The van der Waals surface area contributed by atoms with Crippen molar-refractivity contribution in [2.24, 2.45) is 17.3 Å². The first-order chi connectivity index (χ1) is 14.4. The van der Waals surface area contributed by atoms with E-state index in [2.05, 4.69) is 6.58 Å². The number of rotatable bonds is 7. The molecule has 30 heavy (non-hydrogen) atoms. The number of allylic oxidation sites excluding steroid dienone is 3. The average Bonchev–Trinajstić information content (AvgIpc) is 3.30. The topological polar surface area (TPSA) is 83.1 Å². The molecule has 0 N–H and O–H groups in total. The van der Waals surface area contributed by atoms with E-state index in [0.29, 0.717) is 22.6 Å². The Morgan fingerprint density at radius 1 is 1.13 bits per heavy atom. The molecule has 1 aliphatic carbocycles.